The fraction of sp³-hybridized carbons (Fsp3) is 0.136. The molecule has 1 fully saturated rings. The van der Waals surface area contributed by atoms with Gasteiger partial charge in [-0.05, 0) is 35.9 Å². The highest BCUT2D eigenvalue weighted by molar-refractivity contribution is 7.14. The molecule has 7 nitrogen and oxygen atoms in total. The van der Waals surface area contributed by atoms with Crippen LogP contribution < -0.4 is 14.4 Å². The number of fused-ring (bicyclic) bond motifs is 1. The van der Waals surface area contributed by atoms with Crippen molar-refractivity contribution in [3.05, 3.63) is 75.8 Å². The summed E-state index contributed by atoms with van der Waals surface area (Å²) in [5.41, 5.74) is 0.942. The number of amides is 1. The van der Waals surface area contributed by atoms with Crippen LogP contribution in [0, 0.1) is 0 Å². The average Bonchev–Trinajstić information content (AvgIpc) is 3.40. The number of nitrogens with zero attached hydrogens (tertiary/aromatic N) is 2. The molecule has 0 unspecified atom stereocenters. The van der Waals surface area contributed by atoms with Gasteiger partial charge in [0.15, 0.2) is 16.6 Å². The van der Waals surface area contributed by atoms with Crippen molar-refractivity contribution in [1.82, 2.24) is 4.98 Å². The van der Waals surface area contributed by atoms with E-state index < -0.39 is 17.7 Å². The van der Waals surface area contributed by atoms with Gasteiger partial charge in [-0.15, -0.1) is 11.3 Å². The van der Waals surface area contributed by atoms with E-state index in [0.29, 0.717) is 46.0 Å². The minimum atomic E-state index is -0.850. The van der Waals surface area contributed by atoms with Crippen LogP contribution in [0.5, 0.6) is 11.5 Å². The summed E-state index contributed by atoms with van der Waals surface area (Å²) in [4.78, 5) is 31.5. The Morgan fingerprint density at radius 1 is 1.10 bits per heavy atom. The maximum absolute atomic E-state index is 13.1. The van der Waals surface area contributed by atoms with E-state index in [9.17, 15) is 14.7 Å². The summed E-state index contributed by atoms with van der Waals surface area (Å²) in [6.45, 7) is 0.824. The molecule has 156 valence electrons. The second-order valence-electron chi connectivity index (χ2n) is 6.89. The fourth-order valence-electron chi connectivity index (χ4n) is 3.67. The molecule has 0 saturated carbocycles. The fourth-order valence-corrected chi connectivity index (χ4v) is 4.46. The van der Waals surface area contributed by atoms with Crippen LogP contribution in [0.1, 0.15) is 17.2 Å². The predicted molar refractivity (Wildman–Crippen MR) is 116 cm³/mol. The lowest BCUT2D eigenvalue weighted by atomic mass is 9.95. The lowest BCUT2D eigenvalue weighted by Gasteiger charge is -2.23. The Labute approximate surface area is 186 Å². The number of aliphatic hydroxyl groups is 1. The number of carbonyl (C=O) groups excluding carboxylic acids is 2. The number of hydrogen-bond acceptors (Lipinski definition) is 7. The highest BCUT2D eigenvalue weighted by atomic mass is 35.5. The number of carbonyl (C=O) groups is 2. The van der Waals surface area contributed by atoms with Crippen molar-refractivity contribution < 1.29 is 24.2 Å². The first-order chi connectivity index (χ1) is 15.0. The molecule has 0 aliphatic carbocycles. The van der Waals surface area contributed by atoms with Crippen LogP contribution in [0.3, 0.4) is 0 Å². The summed E-state index contributed by atoms with van der Waals surface area (Å²) in [6.07, 6.45) is 1.55. The van der Waals surface area contributed by atoms with Crippen molar-refractivity contribution in [2.24, 2.45) is 0 Å². The van der Waals surface area contributed by atoms with Crippen LogP contribution >= 0.6 is 22.9 Å². The lowest BCUT2D eigenvalue weighted by Crippen LogP contribution is -2.29. The monoisotopic (exact) mass is 454 g/mol. The number of benzene rings is 2. The third-order valence-electron chi connectivity index (χ3n) is 5.07. The van der Waals surface area contributed by atoms with Crippen molar-refractivity contribution in [2.45, 2.75) is 6.04 Å². The van der Waals surface area contributed by atoms with Crippen molar-refractivity contribution in [1.29, 1.82) is 0 Å². The van der Waals surface area contributed by atoms with E-state index in [1.165, 1.54) is 16.2 Å². The van der Waals surface area contributed by atoms with Crippen LogP contribution in [0.25, 0.3) is 5.76 Å². The lowest BCUT2D eigenvalue weighted by molar-refractivity contribution is -0.132. The highest BCUT2D eigenvalue weighted by Gasteiger charge is 2.48. The number of ether oxygens (including phenoxy) is 2. The Bertz CT molecular complexity index is 1210. The highest BCUT2D eigenvalue weighted by Crippen LogP contribution is 2.43. The summed E-state index contributed by atoms with van der Waals surface area (Å²) in [5.74, 6) is -0.821. The molecule has 5 rings (SSSR count). The third-order valence-corrected chi connectivity index (χ3v) is 6.09. The zero-order valence-corrected chi connectivity index (χ0v) is 17.5. The molecule has 1 aromatic heterocycles. The van der Waals surface area contributed by atoms with E-state index in [1.807, 2.05) is 0 Å². The summed E-state index contributed by atoms with van der Waals surface area (Å²) < 4.78 is 11.1. The molecule has 0 radical (unpaired) electrons. The number of thiazole rings is 1. The Balaban J connectivity index is 1.68. The molecule has 1 saturated heterocycles. The van der Waals surface area contributed by atoms with Gasteiger partial charge in [0.2, 0.25) is 0 Å². The number of hydrogen-bond donors (Lipinski definition) is 1. The first kappa shape index (κ1) is 19.6. The third kappa shape index (κ3) is 3.34. The smallest absolute Gasteiger partial charge is 0.301 e. The van der Waals surface area contributed by atoms with E-state index in [2.05, 4.69) is 4.98 Å². The van der Waals surface area contributed by atoms with Gasteiger partial charge in [-0.3, -0.25) is 14.5 Å². The number of aromatic nitrogens is 1. The SMILES string of the molecule is O=C1C(=O)N(c2nccs2)[C@H](c2ccc(Cl)cc2)/C1=C(\O)c1ccc2c(c1)OCCO2. The molecular weight excluding hydrogens is 440 g/mol. The van der Waals surface area contributed by atoms with Crippen molar-refractivity contribution >= 4 is 45.5 Å². The van der Waals surface area contributed by atoms with Crippen LogP contribution in [0.4, 0.5) is 5.13 Å². The predicted octanol–water partition coefficient (Wildman–Crippen LogP) is 4.19. The normalized spacial score (nSPS) is 19.6. The number of ketones is 1. The summed E-state index contributed by atoms with van der Waals surface area (Å²) in [7, 11) is 0. The molecule has 0 spiro atoms. The minimum Gasteiger partial charge on any atom is -0.507 e. The zero-order chi connectivity index (χ0) is 21.5. The second-order valence-corrected chi connectivity index (χ2v) is 8.20. The Morgan fingerprint density at radius 2 is 1.84 bits per heavy atom. The second kappa shape index (κ2) is 7.72. The number of rotatable bonds is 3. The molecule has 31 heavy (non-hydrogen) atoms. The summed E-state index contributed by atoms with van der Waals surface area (Å²) in [5, 5.41) is 13.7. The van der Waals surface area contributed by atoms with E-state index >= 15 is 0 Å². The topological polar surface area (TPSA) is 89.0 Å². The van der Waals surface area contributed by atoms with Crippen molar-refractivity contribution in [3.8, 4) is 11.5 Å². The first-order valence-corrected chi connectivity index (χ1v) is 10.7. The molecule has 1 amide bonds. The standard InChI is InChI=1S/C22H15ClN2O5S/c23-14-4-1-12(2-5-14)18-17(20(27)21(28)25(18)22-24-7-10-31-22)19(26)13-3-6-15-16(11-13)30-9-8-29-15/h1-7,10-11,18,26H,8-9H2/b19-17+/t18-/m1/s1. The average molecular weight is 455 g/mol. The van der Waals surface area contributed by atoms with Crippen LogP contribution in [-0.2, 0) is 9.59 Å². The van der Waals surface area contributed by atoms with Gasteiger partial charge in [-0.1, -0.05) is 23.7 Å². The first-order valence-electron chi connectivity index (χ1n) is 9.40. The molecule has 1 N–H and O–H groups in total. The maximum atomic E-state index is 13.1. The van der Waals surface area contributed by atoms with E-state index in [1.54, 1.807) is 54.0 Å². The molecular formula is C22H15ClN2O5S. The van der Waals surface area contributed by atoms with Gasteiger partial charge in [-0.2, -0.15) is 0 Å². The zero-order valence-electron chi connectivity index (χ0n) is 15.9. The molecule has 2 aliphatic rings. The minimum absolute atomic E-state index is 0.0285. The summed E-state index contributed by atoms with van der Waals surface area (Å²) >= 11 is 7.26. The number of anilines is 1. The van der Waals surface area contributed by atoms with Gasteiger partial charge < -0.3 is 14.6 Å². The number of Topliss-reactive ketones (excluding diaryl/α,β-unsaturated/α-hetero) is 1. The van der Waals surface area contributed by atoms with Crippen molar-refractivity contribution in [3.63, 3.8) is 0 Å². The van der Waals surface area contributed by atoms with Gasteiger partial charge in [0.05, 0.1) is 11.6 Å². The molecule has 0 bridgehead atoms. The number of halogens is 1. The van der Waals surface area contributed by atoms with Gasteiger partial charge in [0.1, 0.15) is 19.0 Å². The maximum Gasteiger partial charge on any atom is 0.301 e. The van der Waals surface area contributed by atoms with E-state index in [4.69, 9.17) is 21.1 Å². The molecule has 2 aliphatic heterocycles. The molecule has 1 atom stereocenters. The largest absolute Gasteiger partial charge is 0.507 e. The van der Waals surface area contributed by atoms with E-state index in [-0.39, 0.29) is 11.3 Å². The van der Waals surface area contributed by atoms with Crippen LogP contribution in [0.15, 0.2) is 59.6 Å². The van der Waals surface area contributed by atoms with Gasteiger partial charge in [-0.25, -0.2) is 4.98 Å². The number of aliphatic hydroxyl groups excluding tert-OH is 1. The van der Waals surface area contributed by atoms with Crippen LogP contribution in [-0.4, -0.2) is 35.0 Å². The Morgan fingerprint density at radius 3 is 2.55 bits per heavy atom. The summed E-state index contributed by atoms with van der Waals surface area (Å²) in [6, 6.07) is 10.8. The molecule has 9 heteroatoms. The molecule has 3 heterocycles. The molecule has 2 aromatic carbocycles. The van der Waals surface area contributed by atoms with Gasteiger partial charge >= 0.3 is 5.91 Å². The molecule has 3 aromatic rings. The van der Waals surface area contributed by atoms with E-state index in [0.717, 1.165) is 0 Å². The van der Waals surface area contributed by atoms with Gasteiger partial charge in [0.25, 0.3) is 5.78 Å². The Kier molecular flexibility index (Phi) is 4.88. The quantitative estimate of drug-likeness (QED) is 0.362. The van der Waals surface area contributed by atoms with Crippen molar-refractivity contribution in [2.75, 3.05) is 18.1 Å². The Hall–Kier alpha value is -3.36. The van der Waals surface area contributed by atoms with Gasteiger partial charge in [0, 0.05) is 22.2 Å². The van der Waals surface area contributed by atoms with Crippen LogP contribution in [0.2, 0.25) is 5.02 Å².